The van der Waals surface area contributed by atoms with E-state index < -0.39 is 139 Å². The molecule has 3 aliphatic rings. The summed E-state index contributed by atoms with van der Waals surface area (Å²) in [7, 11) is 1.10. The van der Waals surface area contributed by atoms with E-state index in [2.05, 4.69) is 0 Å². The molecule has 0 saturated carbocycles. The van der Waals surface area contributed by atoms with Crippen LogP contribution in [-0.4, -0.2) is 135 Å². The number of hydrogen-bond donors (Lipinski definition) is 0. The van der Waals surface area contributed by atoms with Gasteiger partial charge >= 0.3 is 41.8 Å². The maximum atomic E-state index is 13.8. The lowest BCUT2D eigenvalue weighted by atomic mass is 9.92. The maximum Gasteiger partial charge on any atom is 0.303 e. The summed E-state index contributed by atoms with van der Waals surface area (Å²) in [4.78, 5) is 114. The molecule has 2 saturated heterocycles. The van der Waals surface area contributed by atoms with Crippen LogP contribution in [0.15, 0.2) is 35.8 Å². The molecule has 316 valence electrons. The minimum absolute atomic E-state index is 0.00149. The van der Waals surface area contributed by atoms with Crippen LogP contribution >= 0.6 is 0 Å². The summed E-state index contributed by atoms with van der Waals surface area (Å²) in [5.41, 5.74) is -0.0670. The van der Waals surface area contributed by atoms with Crippen LogP contribution in [0.4, 0.5) is 0 Å². The molecule has 1 aromatic carbocycles. The van der Waals surface area contributed by atoms with E-state index in [-0.39, 0.29) is 11.1 Å². The molecule has 10 atom stereocenters. The number of methoxy groups -OCH3 is 1. The Balaban J connectivity index is 1.86. The topological polar surface area (TPSA) is 264 Å². The maximum absolute atomic E-state index is 13.8. The lowest BCUT2D eigenvalue weighted by Gasteiger charge is -2.48. The quantitative estimate of drug-likeness (QED) is 0.183. The number of ketones is 2. The molecule has 10 unspecified atom stereocenters. The van der Waals surface area contributed by atoms with Gasteiger partial charge in [-0.05, 0) is 0 Å². The van der Waals surface area contributed by atoms with Crippen LogP contribution in [0.25, 0.3) is 0 Å². The number of hydrogen-bond acceptors (Lipinski definition) is 21. The number of Topliss-reactive ketones (excluding diaryl/α,β-unsaturated/α-hetero) is 2. The molecule has 2 fully saturated rings. The minimum Gasteiger partial charge on any atom is -0.489 e. The van der Waals surface area contributed by atoms with E-state index in [4.69, 9.17) is 56.8 Å². The first-order valence-corrected chi connectivity index (χ1v) is 17.5. The molecule has 1 aliphatic carbocycles. The van der Waals surface area contributed by atoms with Gasteiger partial charge in [0.25, 0.3) is 0 Å². The molecule has 58 heavy (non-hydrogen) atoms. The Labute approximate surface area is 330 Å². The Morgan fingerprint density at radius 3 is 1.33 bits per heavy atom. The first-order valence-electron chi connectivity index (χ1n) is 17.5. The van der Waals surface area contributed by atoms with Crippen molar-refractivity contribution in [3.05, 3.63) is 46.9 Å². The Kier molecular flexibility index (Phi) is 15.0. The van der Waals surface area contributed by atoms with Gasteiger partial charge in [0, 0.05) is 59.6 Å². The third-order valence-corrected chi connectivity index (χ3v) is 8.36. The molecule has 4 rings (SSSR count). The fourth-order valence-electron chi connectivity index (χ4n) is 6.31. The van der Waals surface area contributed by atoms with Crippen molar-refractivity contribution in [2.45, 2.75) is 110 Å². The molecule has 1 aromatic rings. The molecule has 21 heteroatoms. The highest BCUT2D eigenvalue weighted by Crippen LogP contribution is 2.37. The lowest BCUT2D eigenvalue weighted by Crippen LogP contribution is -2.67. The van der Waals surface area contributed by atoms with Crippen LogP contribution in [0.2, 0.25) is 0 Å². The highest BCUT2D eigenvalue weighted by Gasteiger charge is 2.58. The number of ether oxygens (including phenoxy) is 12. The molecule has 0 aromatic heterocycles. The van der Waals surface area contributed by atoms with E-state index in [9.17, 15) is 43.2 Å². The number of esters is 7. The smallest absolute Gasteiger partial charge is 0.303 e. The Morgan fingerprint density at radius 2 is 0.879 bits per heavy atom. The Bertz CT molecular complexity index is 1830. The summed E-state index contributed by atoms with van der Waals surface area (Å²) in [6.45, 7) is 5.73. The van der Waals surface area contributed by atoms with Gasteiger partial charge in [-0.2, -0.15) is 0 Å². The molecule has 0 spiro atoms. The van der Waals surface area contributed by atoms with Gasteiger partial charge in [-0.1, -0.05) is 24.3 Å². The highest BCUT2D eigenvalue weighted by atomic mass is 16.8. The number of allylic oxidation sites excluding steroid dienone is 2. The zero-order valence-electron chi connectivity index (χ0n) is 32.6. The van der Waals surface area contributed by atoms with Crippen LogP contribution in [0.1, 0.15) is 69.2 Å². The zero-order valence-corrected chi connectivity index (χ0v) is 32.6. The molecular formula is C37H42O21. The number of carbonyl (C=O) groups excluding carboxylic acids is 9. The number of benzene rings is 1. The second-order valence-electron chi connectivity index (χ2n) is 12.8. The molecule has 0 amide bonds. The standard InChI is InChI=1S/C37H42O21/c1-15(38)48-13-24-28(50-17(3)40)32(51-18(4)41)34(53-20(6)43)36(55-24)57-29-25(14-49-16(2)39)56-37(35(54-21(7)44)33(29)52-19(5)42)58-31-27(46)23-12-10-9-11-22(23)26(45)30(31)47-8/h9-12,24-25,28-29,32-37H,13-14H2,1-8H3. The fourth-order valence-corrected chi connectivity index (χ4v) is 6.31. The predicted molar refractivity (Wildman–Crippen MR) is 183 cm³/mol. The van der Waals surface area contributed by atoms with E-state index >= 15 is 0 Å². The van der Waals surface area contributed by atoms with Gasteiger partial charge in [-0.15, -0.1) is 0 Å². The summed E-state index contributed by atoms with van der Waals surface area (Å²) >= 11 is 0. The van der Waals surface area contributed by atoms with Crippen LogP contribution in [0, 0.1) is 0 Å². The molecule has 2 aliphatic heterocycles. The van der Waals surface area contributed by atoms with Crippen molar-refractivity contribution < 1.29 is 100.0 Å². The van der Waals surface area contributed by atoms with Crippen molar-refractivity contribution in [2.24, 2.45) is 0 Å². The van der Waals surface area contributed by atoms with E-state index in [1.54, 1.807) is 0 Å². The molecular weight excluding hydrogens is 780 g/mol. The fraction of sp³-hybridized carbons (Fsp3) is 0.541. The van der Waals surface area contributed by atoms with Crippen molar-refractivity contribution >= 4 is 53.4 Å². The number of carbonyl (C=O) groups is 9. The second kappa shape index (κ2) is 19.5. The third-order valence-electron chi connectivity index (χ3n) is 8.36. The second-order valence-corrected chi connectivity index (χ2v) is 12.8. The van der Waals surface area contributed by atoms with Crippen molar-refractivity contribution in [2.75, 3.05) is 20.3 Å². The Hall–Kier alpha value is -5.93. The van der Waals surface area contributed by atoms with E-state index in [0.717, 1.165) is 55.6 Å². The largest absolute Gasteiger partial charge is 0.489 e. The van der Waals surface area contributed by atoms with Crippen molar-refractivity contribution in [1.29, 1.82) is 0 Å². The summed E-state index contributed by atoms with van der Waals surface area (Å²) in [5.74, 6) is -9.28. The molecule has 21 nitrogen and oxygen atoms in total. The predicted octanol–water partition coefficient (Wildman–Crippen LogP) is 0.560. The van der Waals surface area contributed by atoms with Crippen molar-refractivity contribution in [3.63, 3.8) is 0 Å². The van der Waals surface area contributed by atoms with Crippen molar-refractivity contribution in [3.8, 4) is 0 Å². The summed E-state index contributed by atoms with van der Waals surface area (Å²) in [5, 5.41) is 0. The first kappa shape index (κ1) is 44.8. The average Bonchev–Trinajstić information content (AvgIpc) is 3.12. The van der Waals surface area contributed by atoms with Gasteiger partial charge in [0.1, 0.15) is 31.5 Å². The average molecular weight is 823 g/mol. The van der Waals surface area contributed by atoms with E-state index in [1.807, 2.05) is 0 Å². The van der Waals surface area contributed by atoms with Crippen LogP contribution in [-0.2, 0) is 90.4 Å². The first-order chi connectivity index (χ1) is 27.3. The van der Waals surface area contributed by atoms with Gasteiger partial charge < -0.3 is 56.8 Å². The van der Waals surface area contributed by atoms with Gasteiger partial charge in [0.2, 0.25) is 35.5 Å². The van der Waals surface area contributed by atoms with Crippen LogP contribution in [0.5, 0.6) is 0 Å². The zero-order chi connectivity index (χ0) is 43.0. The van der Waals surface area contributed by atoms with Gasteiger partial charge in [0.15, 0.2) is 30.7 Å². The SMILES string of the molecule is COC1=C(OC2OC(COC(C)=O)C(OC3OC(COC(C)=O)C(OC(C)=O)C(OC(C)=O)C3OC(C)=O)C(OC(C)=O)C2OC(C)=O)C(=O)c2ccccc2C1=O. The van der Waals surface area contributed by atoms with Gasteiger partial charge in [-0.3, -0.25) is 43.2 Å². The van der Waals surface area contributed by atoms with Gasteiger partial charge in [-0.25, -0.2) is 0 Å². The van der Waals surface area contributed by atoms with E-state index in [1.165, 1.54) is 24.3 Å². The number of rotatable bonds is 14. The minimum atomic E-state index is -1.94. The van der Waals surface area contributed by atoms with E-state index in [0.29, 0.717) is 0 Å². The third kappa shape index (κ3) is 10.9. The normalized spacial score (nSPS) is 27.9. The van der Waals surface area contributed by atoms with Crippen molar-refractivity contribution in [1.82, 2.24) is 0 Å². The highest BCUT2D eigenvalue weighted by molar-refractivity contribution is 6.25. The monoisotopic (exact) mass is 822 g/mol. The number of fused-ring (bicyclic) bond motifs is 1. The molecule has 0 radical (unpaired) electrons. The lowest BCUT2D eigenvalue weighted by molar-refractivity contribution is -0.358. The van der Waals surface area contributed by atoms with Crippen LogP contribution < -0.4 is 0 Å². The summed E-state index contributed by atoms with van der Waals surface area (Å²) in [6.07, 6.45) is -17.5. The molecule has 0 bridgehead atoms. The van der Waals surface area contributed by atoms with Crippen LogP contribution in [0.3, 0.4) is 0 Å². The molecule has 0 N–H and O–H groups in total. The summed E-state index contributed by atoms with van der Waals surface area (Å²) < 4.78 is 67.6. The molecule has 2 heterocycles. The Morgan fingerprint density at radius 1 is 0.500 bits per heavy atom. The summed E-state index contributed by atoms with van der Waals surface area (Å²) in [6, 6.07) is 5.78. The van der Waals surface area contributed by atoms with Gasteiger partial charge in [0.05, 0.1) is 7.11 Å².